The summed E-state index contributed by atoms with van der Waals surface area (Å²) in [5, 5.41) is 0. The summed E-state index contributed by atoms with van der Waals surface area (Å²) in [6.45, 7) is 6.59. The van der Waals surface area contributed by atoms with Crippen LogP contribution in [-0.4, -0.2) is 18.8 Å². The molecule has 0 unspecified atom stereocenters. The van der Waals surface area contributed by atoms with E-state index in [-0.39, 0.29) is 23.3 Å². The zero-order chi connectivity index (χ0) is 16.9. The summed E-state index contributed by atoms with van der Waals surface area (Å²) in [5.41, 5.74) is 2.51. The van der Waals surface area contributed by atoms with Crippen LogP contribution in [0.25, 0.3) is 0 Å². The quantitative estimate of drug-likeness (QED) is 0.720. The van der Waals surface area contributed by atoms with Gasteiger partial charge in [-0.2, -0.15) is 0 Å². The minimum atomic E-state index is -0.125. The molecule has 2 rings (SSSR count). The van der Waals surface area contributed by atoms with Gasteiger partial charge in [0.05, 0.1) is 13.2 Å². The molecule has 0 radical (unpaired) electrons. The van der Waals surface area contributed by atoms with E-state index in [2.05, 4.69) is 45.0 Å². The van der Waals surface area contributed by atoms with E-state index in [0.29, 0.717) is 6.42 Å². The molecule has 0 spiro atoms. The van der Waals surface area contributed by atoms with Crippen molar-refractivity contribution >= 4 is 11.7 Å². The van der Waals surface area contributed by atoms with Crippen molar-refractivity contribution in [1.82, 2.24) is 0 Å². The smallest absolute Gasteiger partial charge is 0.305 e. The molecule has 1 aromatic carbocycles. The Morgan fingerprint density at radius 3 is 2.61 bits per heavy atom. The fourth-order valence-corrected chi connectivity index (χ4v) is 3.56. The van der Waals surface area contributed by atoms with Gasteiger partial charge in [0, 0.05) is 17.5 Å². The molecule has 1 saturated carbocycles. The van der Waals surface area contributed by atoms with Crippen LogP contribution in [0.1, 0.15) is 64.5 Å². The Balaban J connectivity index is 2.23. The van der Waals surface area contributed by atoms with Crippen LogP contribution in [0, 0.1) is 11.3 Å². The average molecular weight is 315 g/mol. The predicted octanol–water partition coefficient (Wildman–Crippen LogP) is 4.97. The van der Waals surface area contributed by atoms with Gasteiger partial charge in [0.2, 0.25) is 0 Å². The van der Waals surface area contributed by atoms with Crippen molar-refractivity contribution in [3.05, 3.63) is 35.9 Å². The van der Waals surface area contributed by atoms with E-state index in [1.54, 1.807) is 0 Å². The first kappa shape index (κ1) is 17.7. The van der Waals surface area contributed by atoms with Gasteiger partial charge in [-0.3, -0.25) is 9.79 Å². The topological polar surface area (TPSA) is 38.7 Å². The van der Waals surface area contributed by atoms with Gasteiger partial charge in [0.1, 0.15) is 0 Å². The molecule has 0 N–H and O–H groups in total. The Morgan fingerprint density at radius 1 is 1.26 bits per heavy atom. The fourth-order valence-electron chi connectivity index (χ4n) is 3.56. The van der Waals surface area contributed by atoms with Gasteiger partial charge in [-0.15, -0.1) is 0 Å². The molecular weight excluding hydrogens is 286 g/mol. The summed E-state index contributed by atoms with van der Waals surface area (Å²) in [5.74, 6) is 0.122. The Kier molecular flexibility index (Phi) is 5.97. The number of methoxy groups -OCH3 is 1. The van der Waals surface area contributed by atoms with Crippen LogP contribution in [0.3, 0.4) is 0 Å². The molecule has 3 atom stereocenters. The van der Waals surface area contributed by atoms with Crippen molar-refractivity contribution < 1.29 is 9.53 Å². The summed E-state index contributed by atoms with van der Waals surface area (Å²) < 4.78 is 4.86. The molecule has 0 amide bonds. The second kappa shape index (κ2) is 7.76. The first-order valence-electron chi connectivity index (χ1n) is 8.66. The molecule has 0 heterocycles. The van der Waals surface area contributed by atoms with Gasteiger partial charge in [-0.05, 0) is 37.7 Å². The molecule has 0 aliphatic heterocycles. The third kappa shape index (κ3) is 4.21. The third-order valence-electron chi connectivity index (χ3n) is 5.44. The lowest BCUT2D eigenvalue weighted by Crippen LogP contribution is -2.38. The highest BCUT2D eigenvalue weighted by Gasteiger charge is 2.39. The maximum Gasteiger partial charge on any atom is 0.305 e. The van der Waals surface area contributed by atoms with Crippen molar-refractivity contribution in [2.45, 2.75) is 58.9 Å². The van der Waals surface area contributed by atoms with Gasteiger partial charge in [0.25, 0.3) is 0 Å². The Bertz CT molecular complexity index is 552. The second-order valence-electron chi connectivity index (χ2n) is 6.97. The molecule has 0 aromatic heterocycles. The lowest BCUT2D eigenvalue weighted by atomic mass is 9.65. The average Bonchev–Trinajstić information content (AvgIpc) is 2.57. The molecule has 1 aliphatic rings. The van der Waals surface area contributed by atoms with E-state index >= 15 is 0 Å². The molecule has 1 aliphatic carbocycles. The number of esters is 1. The van der Waals surface area contributed by atoms with Crippen LogP contribution in [0.4, 0.5) is 0 Å². The van der Waals surface area contributed by atoms with E-state index in [1.807, 2.05) is 6.07 Å². The molecule has 23 heavy (non-hydrogen) atoms. The zero-order valence-electron chi connectivity index (χ0n) is 14.8. The Labute approximate surface area is 140 Å². The Morgan fingerprint density at radius 2 is 1.96 bits per heavy atom. The standard InChI is InChI=1S/C20H29NO2/c1-15(14-19(22)23-4)20(3)13-9-8-12-18(20)21-16(2)17-10-6-5-7-11-17/h5-7,10-11,15-16H,8-9,12-14H2,1-4H3/t15-,16+,20-/m0/s1. The Hall–Kier alpha value is -1.64. The summed E-state index contributed by atoms with van der Waals surface area (Å²) in [6, 6.07) is 10.6. The first-order chi connectivity index (χ1) is 11.0. The largest absolute Gasteiger partial charge is 0.469 e. The number of nitrogens with zero attached hydrogens (tertiary/aromatic N) is 1. The molecule has 0 saturated heterocycles. The summed E-state index contributed by atoms with van der Waals surface area (Å²) in [7, 11) is 1.46. The highest BCUT2D eigenvalue weighted by molar-refractivity contribution is 5.91. The van der Waals surface area contributed by atoms with E-state index in [4.69, 9.17) is 9.73 Å². The summed E-state index contributed by atoms with van der Waals surface area (Å²) in [6.07, 6.45) is 5.01. The molecule has 3 heteroatoms. The van der Waals surface area contributed by atoms with Crippen LogP contribution in [-0.2, 0) is 9.53 Å². The molecule has 0 bridgehead atoms. The van der Waals surface area contributed by atoms with Gasteiger partial charge in [0.15, 0.2) is 0 Å². The highest BCUT2D eigenvalue weighted by atomic mass is 16.5. The third-order valence-corrected chi connectivity index (χ3v) is 5.44. The summed E-state index contributed by atoms with van der Waals surface area (Å²) in [4.78, 5) is 16.8. The number of hydrogen-bond acceptors (Lipinski definition) is 3. The van der Waals surface area contributed by atoms with Gasteiger partial charge >= 0.3 is 5.97 Å². The number of carbonyl (C=O) groups excluding carboxylic acids is 1. The summed E-state index contributed by atoms with van der Waals surface area (Å²) >= 11 is 0. The minimum Gasteiger partial charge on any atom is -0.469 e. The van der Waals surface area contributed by atoms with Gasteiger partial charge < -0.3 is 4.74 Å². The molecule has 1 fully saturated rings. The lowest BCUT2D eigenvalue weighted by molar-refractivity contribution is -0.142. The van der Waals surface area contributed by atoms with E-state index in [0.717, 1.165) is 12.8 Å². The molecule has 3 nitrogen and oxygen atoms in total. The van der Waals surface area contributed by atoms with Crippen LogP contribution in [0.2, 0.25) is 0 Å². The highest BCUT2D eigenvalue weighted by Crippen LogP contribution is 2.42. The normalized spacial score (nSPS) is 25.8. The molecular formula is C20H29NO2. The van der Waals surface area contributed by atoms with E-state index < -0.39 is 0 Å². The number of ether oxygens (including phenoxy) is 1. The van der Waals surface area contributed by atoms with E-state index in [9.17, 15) is 4.79 Å². The van der Waals surface area contributed by atoms with Crippen LogP contribution >= 0.6 is 0 Å². The number of benzene rings is 1. The van der Waals surface area contributed by atoms with Gasteiger partial charge in [-0.25, -0.2) is 0 Å². The van der Waals surface area contributed by atoms with Crippen molar-refractivity contribution in [2.75, 3.05) is 7.11 Å². The SMILES string of the molecule is COC(=O)C[C@H](C)[C@]1(C)CCCCC1=N[C@H](C)c1ccccc1. The zero-order valence-corrected chi connectivity index (χ0v) is 14.8. The molecule has 1 aromatic rings. The first-order valence-corrected chi connectivity index (χ1v) is 8.66. The van der Waals surface area contributed by atoms with Crippen LogP contribution in [0.5, 0.6) is 0 Å². The lowest BCUT2D eigenvalue weighted by Gasteiger charge is -2.40. The number of hydrogen-bond donors (Lipinski definition) is 0. The van der Waals surface area contributed by atoms with E-state index in [1.165, 1.54) is 31.2 Å². The molecule has 126 valence electrons. The van der Waals surface area contributed by atoms with Crippen molar-refractivity contribution in [2.24, 2.45) is 16.3 Å². The number of aliphatic imine (C=N–C) groups is 1. The number of carbonyl (C=O) groups is 1. The van der Waals surface area contributed by atoms with Crippen molar-refractivity contribution in [1.29, 1.82) is 0 Å². The minimum absolute atomic E-state index is 0.00448. The predicted molar refractivity (Wildman–Crippen MR) is 94.7 cm³/mol. The maximum atomic E-state index is 11.7. The second-order valence-corrected chi connectivity index (χ2v) is 6.97. The maximum absolute atomic E-state index is 11.7. The van der Waals surface area contributed by atoms with Crippen molar-refractivity contribution in [3.8, 4) is 0 Å². The monoisotopic (exact) mass is 315 g/mol. The van der Waals surface area contributed by atoms with Crippen LogP contribution in [0.15, 0.2) is 35.3 Å². The van der Waals surface area contributed by atoms with Crippen LogP contribution < -0.4 is 0 Å². The van der Waals surface area contributed by atoms with Gasteiger partial charge in [-0.1, -0.05) is 50.6 Å². The number of rotatable bonds is 5. The van der Waals surface area contributed by atoms with Crippen molar-refractivity contribution in [3.63, 3.8) is 0 Å². The fraction of sp³-hybridized carbons (Fsp3) is 0.600.